The monoisotopic (exact) mass is 326 g/mol. The number of thiazole rings is 1. The van der Waals surface area contributed by atoms with Crippen molar-refractivity contribution in [2.75, 3.05) is 7.05 Å². The number of hydrogen-bond donors (Lipinski definition) is 0. The number of carbonyl (C=O) groups is 1. The topological polar surface area (TPSA) is 89.2 Å². The third-order valence-corrected chi connectivity index (χ3v) is 3.80. The van der Waals surface area contributed by atoms with Gasteiger partial charge in [-0.3, -0.25) is 14.9 Å². The highest BCUT2D eigenvalue weighted by Gasteiger charge is 2.20. The quantitative estimate of drug-likeness (QED) is 0.489. The summed E-state index contributed by atoms with van der Waals surface area (Å²) in [4.78, 5) is 31.8. The predicted molar refractivity (Wildman–Crippen MR) is 78.5 cm³/mol. The number of rotatable bonds is 4. The van der Waals surface area contributed by atoms with Crippen molar-refractivity contribution in [3.8, 4) is 0 Å². The Bertz CT molecular complexity index is 704. The molecule has 0 unspecified atom stereocenters. The molecule has 9 heteroatoms. The maximum atomic E-state index is 12.3. The van der Waals surface area contributed by atoms with Crippen LogP contribution in [0.5, 0.6) is 0 Å². The third-order valence-electron chi connectivity index (χ3n) is 2.68. The van der Waals surface area contributed by atoms with E-state index >= 15 is 0 Å². The molecule has 110 valence electrons. The predicted octanol–water partition coefficient (Wildman–Crippen LogP) is 2.68. The fraction of sp³-hybridized carbons (Fsp3) is 0.250. The van der Waals surface area contributed by atoms with E-state index in [0.29, 0.717) is 6.54 Å². The highest BCUT2D eigenvalue weighted by molar-refractivity contribution is 7.09. The second-order valence-corrected chi connectivity index (χ2v) is 5.73. The maximum absolute atomic E-state index is 12.3. The van der Waals surface area contributed by atoms with Crippen LogP contribution in [0.3, 0.4) is 0 Å². The van der Waals surface area contributed by atoms with Gasteiger partial charge < -0.3 is 4.90 Å². The van der Waals surface area contributed by atoms with Crippen LogP contribution < -0.4 is 0 Å². The van der Waals surface area contributed by atoms with Crippen LogP contribution in [-0.2, 0) is 6.54 Å². The number of carbonyl (C=O) groups excluding carboxylic acids is 1. The van der Waals surface area contributed by atoms with Crippen molar-refractivity contribution < 1.29 is 9.72 Å². The fourth-order valence-electron chi connectivity index (χ4n) is 1.69. The Morgan fingerprint density at radius 2 is 2.29 bits per heavy atom. The van der Waals surface area contributed by atoms with Crippen molar-refractivity contribution in [1.82, 2.24) is 14.9 Å². The molecular weight excluding hydrogens is 316 g/mol. The number of pyridine rings is 1. The molecule has 0 bridgehead atoms. The van der Waals surface area contributed by atoms with E-state index in [4.69, 9.17) is 11.6 Å². The summed E-state index contributed by atoms with van der Waals surface area (Å²) in [5, 5.41) is 13.4. The summed E-state index contributed by atoms with van der Waals surface area (Å²) in [7, 11) is 1.58. The minimum absolute atomic E-state index is 0.000295. The molecule has 0 aliphatic rings. The summed E-state index contributed by atoms with van der Waals surface area (Å²) in [6, 6.07) is 1.13. The molecule has 1 amide bonds. The number of nitro groups is 1. The largest absolute Gasteiger partial charge is 0.336 e. The fourth-order valence-corrected chi connectivity index (χ4v) is 2.48. The number of amides is 1. The summed E-state index contributed by atoms with van der Waals surface area (Å²) in [6.45, 7) is 2.17. The lowest BCUT2D eigenvalue weighted by Gasteiger charge is -2.16. The molecule has 0 saturated heterocycles. The average molecular weight is 327 g/mol. The molecule has 2 aromatic rings. The SMILES string of the molecule is Cc1nc(CN(C)C(=O)c2cc([N+](=O)[O-])cnc2Cl)cs1. The summed E-state index contributed by atoms with van der Waals surface area (Å²) < 4.78 is 0. The van der Waals surface area contributed by atoms with Crippen molar-refractivity contribution in [2.24, 2.45) is 0 Å². The van der Waals surface area contributed by atoms with Crippen LogP contribution in [0.25, 0.3) is 0 Å². The van der Waals surface area contributed by atoms with Crippen LogP contribution in [-0.4, -0.2) is 32.7 Å². The van der Waals surface area contributed by atoms with E-state index in [-0.39, 0.29) is 16.4 Å². The van der Waals surface area contributed by atoms with E-state index in [2.05, 4.69) is 9.97 Å². The van der Waals surface area contributed by atoms with Crippen LogP contribution in [0.1, 0.15) is 21.1 Å². The minimum atomic E-state index is -0.621. The molecule has 0 aliphatic heterocycles. The van der Waals surface area contributed by atoms with Crippen LogP contribution in [0.15, 0.2) is 17.6 Å². The van der Waals surface area contributed by atoms with Gasteiger partial charge in [0.1, 0.15) is 11.3 Å². The van der Waals surface area contributed by atoms with Gasteiger partial charge in [0.15, 0.2) is 0 Å². The molecule has 2 rings (SSSR count). The van der Waals surface area contributed by atoms with Crippen LogP contribution >= 0.6 is 22.9 Å². The van der Waals surface area contributed by atoms with E-state index in [1.54, 1.807) is 7.05 Å². The lowest BCUT2D eigenvalue weighted by molar-refractivity contribution is -0.385. The smallest absolute Gasteiger partial charge is 0.288 e. The van der Waals surface area contributed by atoms with E-state index in [1.165, 1.54) is 16.2 Å². The van der Waals surface area contributed by atoms with Crippen molar-refractivity contribution in [1.29, 1.82) is 0 Å². The summed E-state index contributed by atoms with van der Waals surface area (Å²) in [5.41, 5.74) is 0.476. The average Bonchev–Trinajstić information content (AvgIpc) is 2.83. The van der Waals surface area contributed by atoms with E-state index in [1.807, 2.05) is 12.3 Å². The Labute approximate surface area is 129 Å². The molecule has 0 radical (unpaired) electrons. The Morgan fingerprint density at radius 3 is 2.86 bits per heavy atom. The van der Waals surface area contributed by atoms with Gasteiger partial charge in [-0.15, -0.1) is 11.3 Å². The molecule has 0 spiro atoms. The Hall–Kier alpha value is -2.06. The molecule has 0 aromatic carbocycles. The summed E-state index contributed by atoms with van der Waals surface area (Å²) >= 11 is 7.34. The van der Waals surface area contributed by atoms with Crippen LogP contribution in [0, 0.1) is 17.0 Å². The molecule has 0 saturated carbocycles. The Morgan fingerprint density at radius 1 is 1.57 bits per heavy atom. The maximum Gasteiger partial charge on any atom is 0.288 e. The molecule has 2 heterocycles. The zero-order valence-electron chi connectivity index (χ0n) is 11.2. The number of aryl methyl sites for hydroxylation is 1. The molecule has 0 fully saturated rings. The van der Waals surface area contributed by atoms with Crippen molar-refractivity contribution in [3.63, 3.8) is 0 Å². The van der Waals surface area contributed by atoms with Gasteiger partial charge in [0.25, 0.3) is 11.6 Å². The van der Waals surface area contributed by atoms with Gasteiger partial charge >= 0.3 is 0 Å². The van der Waals surface area contributed by atoms with E-state index in [0.717, 1.165) is 23.0 Å². The Balaban J connectivity index is 2.22. The van der Waals surface area contributed by atoms with Gasteiger partial charge in [-0.25, -0.2) is 9.97 Å². The summed E-state index contributed by atoms with van der Waals surface area (Å²) in [5.74, 6) is -0.443. The normalized spacial score (nSPS) is 10.4. The zero-order valence-corrected chi connectivity index (χ0v) is 12.8. The number of nitrogens with zero attached hydrogens (tertiary/aromatic N) is 4. The van der Waals surface area contributed by atoms with Gasteiger partial charge in [0.2, 0.25) is 0 Å². The van der Waals surface area contributed by atoms with Gasteiger partial charge in [0, 0.05) is 18.5 Å². The number of aromatic nitrogens is 2. The van der Waals surface area contributed by atoms with E-state index in [9.17, 15) is 14.9 Å². The molecule has 0 N–H and O–H groups in total. The first-order valence-electron chi connectivity index (χ1n) is 5.85. The first-order chi connectivity index (χ1) is 9.88. The standard InChI is InChI=1S/C12H11ClN4O3S/c1-7-15-8(6-21-7)5-16(2)12(18)10-3-9(17(19)20)4-14-11(10)13/h3-4,6H,5H2,1-2H3. The first-order valence-corrected chi connectivity index (χ1v) is 7.10. The van der Waals surface area contributed by atoms with Gasteiger partial charge in [-0.1, -0.05) is 11.6 Å². The highest BCUT2D eigenvalue weighted by atomic mass is 35.5. The Kier molecular flexibility index (Phi) is 4.49. The summed E-state index contributed by atoms with van der Waals surface area (Å²) in [6.07, 6.45) is 1.02. The van der Waals surface area contributed by atoms with Crippen LogP contribution in [0.2, 0.25) is 5.15 Å². The third kappa shape index (κ3) is 3.53. The highest BCUT2D eigenvalue weighted by Crippen LogP contribution is 2.21. The second kappa shape index (κ2) is 6.15. The number of halogens is 1. The molecule has 2 aromatic heterocycles. The second-order valence-electron chi connectivity index (χ2n) is 4.31. The molecule has 0 aliphatic carbocycles. The van der Waals surface area contributed by atoms with Crippen molar-refractivity contribution >= 4 is 34.5 Å². The molecule has 0 atom stereocenters. The molecular formula is C12H11ClN4O3S. The minimum Gasteiger partial charge on any atom is -0.336 e. The van der Waals surface area contributed by atoms with Gasteiger partial charge in [-0.2, -0.15) is 0 Å². The lowest BCUT2D eigenvalue weighted by atomic mass is 10.2. The first kappa shape index (κ1) is 15.3. The zero-order chi connectivity index (χ0) is 15.6. The van der Waals surface area contributed by atoms with Crippen molar-refractivity contribution in [3.05, 3.63) is 49.2 Å². The molecule has 7 nitrogen and oxygen atoms in total. The van der Waals surface area contributed by atoms with Crippen molar-refractivity contribution in [2.45, 2.75) is 13.5 Å². The van der Waals surface area contributed by atoms with Crippen LogP contribution in [0.4, 0.5) is 5.69 Å². The van der Waals surface area contributed by atoms with Gasteiger partial charge in [0.05, 0.1) is 27.7 Å². The number of hydrogen-bond acceptors (Lipinski definition) is 6. The van der Waals surface area contributed by atoms with E-state index < -0.39 is 10.8 Å². The van der Waals surface area contributed by atoms with Gasteiger partial charge in [-0.05, 0) is 6.92 Å². The lowest BCUT2D eigenvalue weighted by Crippen LogP contribution is -2.27. The molecule has 21 heavy (non-hydrogen) atoms.